The Morgan fingerprint density at radius 1 is 0.556 bits per heavy atom. The maximum atomic E-state index is 5.61. The van der Waals surface area contributed by atoms with Gasteiger partial charge in [0.05, 0.1) is 0 Å². The molecule has 0 heterocycles. The Labute approximate surface area is 120 Å². The first-order valence-electron chi connectivity index (χ1n) is 5.13. The third-order valence-electron chi connectivity index (χ3n) is 2.34. The summed E-state index contributed by atoms with van der Waals surface area (Å²) in [6.07, 6.45) is 4.09. The zero-order valence-electron chi connectivity index (χ0n) is 9.74. The lowest BCUT2D eigenvalue weighted by atomic mass is 10.1. The fourth-order valence-corrected chi connectivity index (χ4v) is 1.41. The SMILES string of the molecule is Cl.Cl.Nc1ccc(C=Cc2ccc(N)cc2)cc1. The van der Waals surface area contributed by atoms with Crippen LogP contribution in [0.2, 0.25) is 0 Å². The van der Waals surface area contributed by atoms with Crippen molar-refractivity contribution >= 4 is 48.3 Å². The average molecular weight is 283 g/mol. The molecular weight excluding hydrogens is 267 g/mol. The van der Waals surface area contributed by atoms with Gasteiger partial charge in [0.25, 0.3) is 0 Å². The number of anilines is 2. The third-order valence-corrected chi connectivity index (χ3v) is 2.34. The van der Waals surface area contributed by atoms with Gasteiger partial charge in [-0.05, 0) is 35.4 Å². The van der Waals surface area contributed by atoms with Crippen molar-refractivity contribution in [2.75, 3.05) is 11.5 Å². The summed E-state index contributed by atoms with van der Waals surface area (Å²) >= 11 is 0. The van der Waals surface area contributed by atoms with Gasteiger partial charge in [-0.2, -0.15) is 0 Å². The Morgan fingerprint density at radius 3 is 1.11 bits per heavy atom. The molecule has 4 N–H and O–H groups in total. The third kappa shape index (κ3) is 4.70. The van der Waals surface area contributed by atoms with Crippen LogP contribution in [-0.4, -0.2) is 0 Å². The monoisotopic (exact) mass is 282 g/mol. The Hall–Kier alpha value is -1.64. The van der Waals surface area contributed by atoms with Gasteiger partial charge in [0, 0.05) is 11.4 Å². The minimum atomic E-state index is 0. The highest BCUT2D eigenvalue weighted by atomic mass is 35.5. The van der Waals surface area contributed by atoms with E-state index in [1.807, 2.05) is 60.7 Å². The largest absolute Gasteiger partial charge is 0.399 e. The summed E-state index contributed by atoms with van der Waals surface area (Å²) in [5.74, 6) is 0. The Balaban J connectivity index is 0.00000144. The van der Waals surface area contributed by atoms with E-state index in [0.717, 1.165) is 22.5 Å². The Morgan fingerprint density at radius 2 is 0.833 bits per heavy atom. The van der Waals surface area contributed by atoms with Gasteiger partial charge >= 0.3 is 0 Å². The molecule has 2 rings (SSSR count). The molecule has 4 heteroatoms. The van der Waals surface area contributed by atoms with E-state index < -0.39 is 0 Å². The molecule has 0 saturated heterocycles. The molecule has 0 aliphatic carbocycles. The van der Waals surface area contributed by atoms with Crippen LogP contribution in [-0.2, 0) is 0 Å². The van der Waals surface area contributed by atoms with Gasteiger partial charge in [-0.3, -0.25) is 0 Å². The zero-order valence-corrected chi connectivity index (χ0v) is 11.4. The summed E-state index contributed by atoms with van der Waals surface area (Å²) in [6.45, 7) is 0. The molecule has 0 aromatic heterocycles. The quantitative estimate of drug-likeness (QED) is 0.649. The van der Waals surface area contributed by atoms with Crippen LogP contribution in [0, 0.1) is 0 Å². The van der Waals surface area contributed by atoms with E-state index in [0.29, 0.717) is 0 Å². The van der Waals surface area contributed by atoms with Crippen LogP contribution in [0.1, 0.15) is 11.1 Å². The molecule has 0 unspecified atom stereocenters. The number of halogens is 2. The van der Waals surface area contributed by atoms with Gasteiger partial charge in [-0.15, -0.1) is 24.8 Å². The molecule has 0 spiro atoms. The molecule has 18 heavy (non-hydrogen) atoms. The highest BCUT2D eigenvalue weighted by molar-refractivity contribution is 5.85. The average Bonchev–Trinajstić information content (AvgIpc) is 2.30. The van der Waals surface area contributed by atoms with Gasteiger partial charge in [-0.25, -0.2) is 0 Å². The van der Waals surface area contributed by atoms with Crippen LogP contribution in [0.5, 0.6) is 0 Å². The molecule has 2 aromatic rings. The van der Waals surface area contributed by atoms with Crippen LogP contribution in [0.3, 0.4) is 0 Å². The number of rotatable bonds is 2. The summed E-state index contributed by atoms with van der Waals surface area (Å²) in [4.78, 5) is 0. The van der Waals surface area contributed by atoms with Crippen molar-refractivity contribution in [2.24, 2.45) is 0 Å². The van der Waals surface area contributed by atoms with E-state index in [4.69, 9.17) is 11.5 Å². The van der Waals surface area contributed by atoms with Gasteiger partial charge < -0.3 is 11.5 Å². The molecular formula is C14H16Cl2N2. The second kappa shape index (κ2) is 7.64. The lowest BCUT2D eigenvalue weighted by molar-refractivity contribution is 1.63. The van der Waals surface area contributed by atoms with E-state index in [-0.39, 0.29) is 24.8 Å². The van der Waals surface area contributed by atoms with E-state index in [1.165, 1.54) is 0 Å². The topological polar surface area (TPSA) is 52.0 Å². The Kier molecular flexibility index (Phi) is 6.94. The van der Waals surface area contributed by atoms with Crippen molar-refractivity contribution in [1.29, 1.82) is 0 Å². The van der Waals surface area contributed by atoms with Crippen molar-refractivity contribution in [3.05, 3.63) is 59.7 Å². The summed E-state index contributed by atoms with van der Waals surface area (Å²) < 4.78 is 0. The molecule has 2 aromatic carbocycles. The standard InChI is InChI=1S/C14H14N2.2ClH/c15-13-7-3-11(4-8-13)1-2-12-5-9-14(16)10-6-12;;/h1-10H,15-16H2;2*1H. The number of benzene rings is 2. The van der Waals surface area contributed by atoms with Crippen molar-refractivity contribution in [1.82, 2.24) is 0 Å². The summed E-state index contributed by atoms with van der Waals surface area (Å²) in [6, 6.07) is 15.5. The number of hydrogen-bond donors (Lipinski definition) is 2. The van der Waals surface area contributed by atoms with E-state index >= 15 is 0 Å². The fourth-order valence-electron chi connectivity index (χ4n) is 1.41. The molecule has 0 fully saturated rings. The van der Waals surface area contributed by atoms with Crippen LogP contribution in [0.25, 0.3) is 12.2 Å². The lowest BCUT2D eigenvalue weighted by Crippen LogP contribution is -1.83. The van der Waals surface area contributed by atoms with E-state index in [9.17, 15) is 0 Å². The number of hydrogen-bond acceptors (Lipinski definition) is 2. The van der Waals surface area contributed by atoms with Gasteiger partial charge in [0.1, 0.15) is 0 Å². The highest BCUT2D eigenvalue weighted by Crippen LogP contribution is 2.11. The molecule has 0 saturated carbocycles. The van der Waals surface area contributed by atoms with Crippen LogP contribution >= 0.6 is 24.8 Å². The second-order valence-corrected chi connectivity index (χ2v) is 3.67. The molecule has 0 aliphatic heterocycles. The van der Waals surface area contributed by atoms with Crippen molar-refractivity contribution in [3.63, 3.8) is 0 Å². The first-order valence-corrected chi connectivity index (χ1v) is 5.13. The van der Waals surface area contributed by atoms with Crippen molar-refractivity contribution in [3.8, 4) is 0 Å². The van der Waals surface area contributed by atoms with E-state index in [2.05, 4.69) is 0 Å². The predicted molar refractivity (Wildman–Crippen MR) is 85.1 cm³/mol. The zero-order chi connectivity index (χ0) is 11.4. The van der Waals surface area contributed by atoms with Crippen LogP contribution in [0.15, 0.2) is 48.5 Å². The van der Waals surface area contributed by atoms with E-state index in [1.54, 1.807) is 0 Å². The van der Waals surface area contributed by atoms with Crippen molar-refractivity contribution < 1.29 is 0 Å². The predicted octanol–water partition coefficient (Wildman–Crippen LogP) is 3.87. The Bertz CT molecular complexity index is 443. The van der Waals surface area contributed by atoms with Gasteiger partial charge in [0.15, 0.2) is 0 Å². The second-order valence-electron chi connectivity index (χ2n) is 3.67. The van der Waals surface area contributed by atoms with Crippen LogP contribution in [0.4, 0.5) is 11.4 Å². The molecule has 0 bridgehead atoms. The highest BCUT2D eigenvalue weighted by Gasteiger charge is 1.89. The molecule has 0 amide bonds. The molecule has 0 radical (unpaired) electrons. The summed E-state index contributed by atoms with van der Waals surface area (Å²) in [5, 5.41) is 0. The molecule has 0 aliphatic rings. The first kappa shape index (κ1) is 16.4. The summed E-state index contributed by atoms with van der Waals surface area (Å²) in [7, 11) is 0. The van der Waals surface area contributed by atoms with Crippen LogP contribution < -0.4 is 11.5 Å². The van der Waals surface area contributed by atoms with Gasteiger partial charge in [-0.1, -0.05) is 36.4 Å². The molecule has 0 atom stereocenters. The minimum Gasteiger partial charge on any atom is -0.399 e. The normalized spacial score (nSPS) is 9.56. The summed E-state index contributed by atoms with van der Waals surface area (Å²) in [5.41, 5.74) is 15.1. The minimum absolute atomic E-state index is 0. The molecule has 2 nitrogen and oxygen atoms in total. The maximum absolute atomic E-state index is 5.61. The molecule has 96 valence electrons. The first-order chi connectivity index (χ1) is 7.74. The van der Waals surface area contributed by atoms with Crippen molar-refractivity contribution in [2.45, 2.75) is 0 Å². The smallest absolute Gasteiger partial charge is 0.0314 e. The van der Waals surface area contributed by atoms with Gasteiger partial charge in [0.2, 0.25) is 0 Å². The lowest BCUT2D eigenvalue weighted by Gasteiger charge is -1.96. The maximum Gasteiger partial charge on any atom is 0.0314 e. The number of nitrogen functional groups attached to an aromatic ring is 2. The fraction of sp³-hybridized carbons (Fsp3) is 0. The number of nitrogens with two attached hydrogens (primary N) is 2.